The number of carbonyl (C=O) groups excluding carboxylic acids is 2. The molecule has 25 heavy (non-hydrogen) atoms. The molecule has 0 radical (unpaired) electrons. The van der Waals surface area contributed by atoms with Crippen molar-refractivity contribution in [3.63, 3.8) is 0 Å². The normalized spacial score (nSPS) is 15.3. The third kappa shape index (κ3) is 3.50. The Bertz CT molecular complexity index is 814. The van der Waals surface area contributed by atoms with Gasteiger partial charge in [-0.25, -0.2) is 0 Å². The highest BCUT2D eigenvalue weighted by molar-refractivity contribution is 6.03. The van der Waals surface area contributed by atoms with Crippen molar-refractivity contribution in [2.24, 2.45) is 0 Å². The first-order valence-electron chi connectivity index (χ1n) is 8.34. The predicted molar refractivity (Wildman–Crippen MR) is 97.9 cm³/mol. The molecule has 130 valence electrons. The first-order chi connectivity index (χ1) is 11.9. The molecule has 0 fully saturated rings. The van der Waals surface area contributed by atoms with E-state index in [1.165, 1.54) is 0 Å². The fraction of sp³-hybridized carbons (Fsp3) is 0.300. The molecule has 3 rings (SSSR count). The zero-order valence-electron chi connectivity index (χ0n) is 14.7. The van der Waals surface area contributed by atoms with Crippen LogP contribution in [0.3, 0.4) is 0 Å². The topological polar surface area (TPSA) is 58.6 Å². The van der Waals surface area contributed by atoms with Crippen molar-refractivity contribution in [1.82, 2.24) is 0 Å². The van der Waals surface area contributed by atoms with Crippen LogP contribution < -0.4 is 15.0 Å². The fourth-order valence-corrected chi connectivity index (χ4v) is 2.88. The minimum atomic E-state index is -0.944. The van der Waals surface area contributed by atoms with Crippen molar-refractivity contribution in [3.05, 3.63) is 54.1 Å². The van der Waals surface area contributed by atoms with Gasteiger partial charge in [0.15, 0.2) is 5.60 Å². The molecule has 2 amide bonds. The number of rotatable bonds is 4. The number of amides is 2. The summed E-state index contributed by atoms with van der Waals surface area (Å²) in [6.07, 6.45) is 0.213. The number of benzene rings is 2. The first kappa shape index (κ1) is 17.0. The van der Waals surface area contributed by atoms with E-state index in [1.54, 1.807) is 18.7 Å². The Morgan fingerprint density at radius 3 is 2.56 bits per heavy atom. The first-order valence-corrected chi connectivity index (χ1v) is 8.34. The summed E-state index contributed by atoms with van der Waals surface area (Å²) in [4.78, 5) is 26.6. The van der Waals surface area contributed by atoms with Crippen molar-refractivity contribution in [2.45, 2.75) is 32.8 Å². The molecule has 1 N–H and O–H groups in total. The molecular formula is C20H22N2O3. The molecule has 0 saturated carbocycles. The molecule has 1 aliphatic rings. The summed E-state index contributed by atoms with van der Waals surface area (Å²) in [5.41, 5.74) is 1.56. The molecule has 0 aliphatic carbocycles. The fourth-order valence-electron chi connectivity index (χ4n) is 2.88. The number of hydrogen-bond donors (Lipinski definition) is 1. The second-order valence-electron chi connectivity index (χ2n) is 6.65. The second kappa shape index (κ2) is 6.59. The lowest BCUT2D eigenvalue weighted by molar-refractivity contribution is -0.132. The van der Waals surface area contributed by atoms with E-state index in [9.17, 15) is 9.59 Å². The second-order valence-corrected chi connectivity index (χ2v) is 6.65. The van der Waals surface area contributed by atoms with Gasteiger partial charge in [0.1, 0.15) is 5.75 Å². The maximum absolute atomic E-state index is 12.7. The molecule has 1 heterocycles. The van der Waals surface area contributed by atoms with E-state index in [0.717, 1.165) is 11.3 Å². The zero-order valence-corrected chi connectivity index (χ0v) is 14.7. The number of nitrogens with zero attached hydrogens (tertiary/aromatic N) is 1. The summed E-state index contributed by atoms with van der Waals surface area (Å²) in [7, 11) is 0. The largest absolute Gasteiger partial charge is 0.476 e. The molecule has 2 aromatic carbocycles. The van der Waals surface area contributed by atoms with Crippen molar-refractivity contribution in [2.75, 3.05) is 16.8 Å². The number of carbonyl (C=O) groups is 2. The molecule has 0 spiro atoms. The standard InChI is InChI=1S/C20H22N2O3/c1-14-8-4-5-9-15(14)21-18(23)12-13-22-16-10-6-7-11-17(16)25-20(2,3)19(22)24/h4-11H,12-13H2,1-3H3,(H,21,23). The number of fused-ring (bicyclic) bond motifs is 1. The molecule has 0 aromatic heterocycles. The van der Waals surface area contributed by atoms with Crippen LogP contribution in [0.2, 0.25) is 0 Å². The van der Waals surface area contributed by atoms with Crippen LogP contribution in [0.5, 0.6) is 5.75 Å². The quantitative estimate of drug-likeness (QED) is 0.928. The monoisotopic (exact) mass is 338 g/mol. The Balaban J connectivity index is 1.73. The highest BCUT2D eigenvalue weighted by atomic mass is 16.5. The van der Waals surface area contributed by atoms with E-state index in [2.05, 4.69) is 5.32 Å². The van der Waals surface area contributed by atoms with Crippen molar-refractivity contribution >= 4 is 23.2 Å². The molecule has 5 nitrogen and oxygen atoms in total. The minimum absolute atomic E-state index is 0.121. The summed E-state index contributed by atoms with van der Waals surface area (Å²) >= 11 is 0. The van der Waals surface area contributed by atoms with E-state index >= 15 is 0 Å². The van der Waals surface area contributed by atoms with Gasteiger partial charge in [-0.15, -0.1) is 0 Å². The van der Waals surface area contributed by atoms with Crippen LogP contribution in [0.25, 0.3) is 0 Å². The van der Waals surface area contributed by atoms with Gasteiger partial charge >= 0.3 is 0 Å². The Hall–Kier alpha value is -2.82. The lowest BCUT2D eigenvalue weighted by atomic mass is 10.0. The average molecular weight is 338 g/mol. The van der Waals surface area contributed by atoms with Crippen molar-refractivity contribution in [1.29, 1.82) is 0 Å². The predicted octanol–water partition coefficient (Wildman–Crippen LogP) is 3.53. The van der Waals surface area contributed by atoms with Gasteiger partial charge < -0.3 is 15.0 Å². The lowest BCUT2D eigenvalue weighted by Gasteiger charge is -2.38. The van der Waals surface area contributed by atoms with Gasteiger partial charge in [0.05, 0.1) is 5.69 Å². The van der Waals surface area contributed by atoms with Crippen LogP contribution in [0.1, 0.15) is 25.8 Å². The highest BCUT2D eigenvalue weighted by Gasteiger charge is 2.40. The van der Waals surface area contributed by atoms with E-state index < -0.39 is 5.60 Å². The molecule has 0 atom stereocenters. The van der Waals surface area contributed by atoms with E-state index in [0.29, 0.717) is 18.0 Å². The Labute approximate surface area is 147 Å². The van der Waals surface area contributed by atoms with Gasteiger partial charge in [-0.1, -0.05) is 30.3 Å². The van der Waals surface area contributed by atoms with Crippen molar-refractivity contribution in [3.8, 4) is 5.75 Å². The summed E-state index contributed by atoms with van der Waals surface area (Å²) in [6.45, 7) is 5.73. The van der Waals surface area contributed by atoms with Crippen LogP contribution in [-0.4, -0.2) is 24.0 Å². The number of aryl methyl sites for hydroxylation is 1. The van der Waals surface area contributed by atoms with Crippen LogP contribution in [-0.2, 0) is 9.59 Å². The van der Waals surface area contributed by atoms with Crippen LogP contribution in [0.4, 0.5) is 11.4 Å². The third-order valence-electron chi connectivity index (χ3n) is 4.26. The highest BCUT2D eigenvalue weighted by Crippen LogP contribution is 2.37. The molecule has 2 aromatic rings. The smallest absolute Gasteiger partial charge is 0.270 e. The summed E-state index contributed by atoms with van der Waals surface area (Å²) in [6, 6.07) is 15.0. The summed E-state index contributed by atoms with van der Waals surface area (Å²) in [5.74, 6) is 0.394. The van der Waals surface area contributed by atoms with Gasteiger partial charge in [0.25, 0.3) is 5.91 Å². The Morgan fingerprint density at radius 1 is 1.12 bits per heavy atom. The van der Waals surface area contributed by atoms with Gasteiger partial charge in [-0.2, -0.15) is 0 Å². The van der Waals surface area contributed by atoms with Gasteiger partial charge in [0, 0.05) is 18.7 Å². The Morgan fingerprint density at radius 2 is 1.80 bits per heavy atom. The van der Waals surface area contributed by atoms with Crippen molar-refractivity contribution < 1.29 is 14.3 Å². The number of para-hydroxylation sites is 3. The number of anilines is 2. The number of ether oxygens (including phenoxy) is 1. The lowest BCUT2D eigenvalue weighted by Crippen LogP contribution is -2.53. The van der Waals surface area contributed by atoms with Gasteiger partial charge in [0.2, 0.25) is 5.91 Å². The number of nitrogens with one attached hydrogen (secondary N) is 1. The van der Waals surface area contributed by atoms with E-state index in [4.69, 9.17) is 4.74 Å². The molecule has 1 aliphatic heterocycles. The van der Waals surface area contributed by atoms with E-state index in [1.807, 2.05) is 55.5 Å². The molecule has 0 unspecified atom stereocenters. The van der Waals surface area contributed by atoms with Gasteiger partial charge in [-0.3, -0.25) is 9.59 Å². The average Bonchev–Trinajstić information content (AvgIpc) is 2.57. The van der Waals surface area contributed by atoms with Crippen LogP contribution in [0, 0.1) is 6.92 Å². The maximum atomic E-state index is 12.7. The zero-order chi connectivity index (χ0) is 18.0. The van der Waals surface area contributed by atoms with E-state index in [-0.39, 0.29) is 18.2 Å². The summed E-state index contributed by atoms with van der Waals surface area (Å²) in [5, 5.41) is 2.90. The Kier molecular flexibility index (Phi) is 4.49. The molecular weight excluding hydrogens is 316 g/mol. The third-order valence-corrected chi connectivity index (χ3v) is 4.26. The minimum Gasteiger partial charge on any atom is -0.476 e. The summed E-state index contributed by atoms with van der Waals surface area (Å²) < 4.78 is 5.79. The molecule has 0 saturated heterocycles. The SMILES string of the molecule is Cc1ccccc1NC(=O)CCN1C(=O)C(C)(C)Oc2ccccc21. The molecule has 0 bridgehead atoms. The van der Waals surface area contributed by atoms with Crippen LogP contribution >= 0.6 is 0 Å². The van der Waals surface area contributed by atoms with Crippen LogP contribution in [0.15, 0.2) is 48.5 Å². The molecule has 5 heteroatoms. The van der Waals surface area contributed by atoms with Gasteiger partial charge in [-0.05, 0) is 44.5 Å². The maximum Gasteiger partial charge on any atom is 0.270 e. The number of hydrogen-bond acceptors (Lipinski definition) is 3.